The summed E-state index contributed by atoms with van der Waals surface area (Å²) < 4.78 is 0. The Bertz CT molecular complexity index is 741. The molecule has 0 spiro atoms. The lowest BCUT2D eigenvalue weighted by molar-refractivity contribution is 1.14. The fraction of sp³-hybridized carbons (Fsp3) is 0.0625. The van der Waals surface area contributed by atoms with Crippen molar-refractivity contribution in [2.45, 2.75) is 6.42 Å². The number of nitrogens with one attached hydrogen (secondary N) is 1. The first-order valence-corrected chi connectivity index (χ1v) is 6.74. The molecule has 3 nitrogen and oxygen atoms in total. The van der Waals surface area contributed by atoms with Gasteiger partial charge in [0.05, 0.1) is 5.52 Å². The van der Waals surface area contributed by atoms with Crippen LogP contribution in [-0.2, 0) is 6.42 Å². The van der Waals surface area contributed by atoms with Crippen LogP contribution in [0.5, 0.6) is 0 Å². The van der Waals surface area contributed by atoms with Gasteiger partial charge in [0.15, 0.2) is 0 Å². The van der Waals surface area contributed by atoms with Gasteiger partial charge in [0.2, 0.25) is 0 Å². The molecular weight excluding hydrogens is 270 g/mol. The molecule has 1 heterocycles. The molecule has 0 atom stereocenters. The molecule has 0 saturated heterocycles. The summed E-state index contributed by atoms with van der Waals surface area (Å²) in [5, 5.41) is 1.73. The minimum atomic E-state index is 0.670. The highest BCUT2D eigenvalue weighted by Gasteiger charge is 2.07. The number of benzene rings is 2. The molecule has 0 amide bonds. The van der Waals surface area contributed by atoms with Gasteiger partial charge in [-0.05, 0) is 23.8 Å². The average Bonchev–Trinajstić information content (AvgIpc) is 2.48. The third kappa shape index (κ3) is 2.59. The number of hydrogen-bond acceptors (Lipinski definition) is 3. The summed E-state index contributed by atoms with van der Waals surface area (Å²) in [4.78, 5) is 4.53. The first-order valence-electron chi connectivity index (χ1n) is 6.36. The molecule has 0 aliphatic carbocycles. The Hall–Kier alpha value is -2.10. The lowest BCUT2D eigenvalue weighted by Gasteiger charge is -2.10. The number of anilines is 1. The summed E-state index contributed by atoms with van der Waals surface area (Å²) in [7, 11) is 0. The molecule has 0 fully saturated rings. The summed E-state index contributed by atoms with van der Waals surface area (Å²) in [6.07, 6.45) is 0.784. The van der Waals surface area contributed by atoms with Crippen LogP contribution in [0.25, 0.3) is 10.9 Å². The van der Waals surface area contributed by atoms with Crippen molar-refractivity contribution in [3.63, 3.8) is 0 Å². The molecule has 3 aromatic rings. The van der Waals surface area contributed by atoms with Crippen LogP contribution in [0, 0.1) is 0 Å². The van der Waals surface area contributed by atoms with Crippen LogP contribution < -0.4 is 11.3 Å². The molecule has 100 valence electrons. The average molecular weight is 284 g/mol. The monoisotopic (exact) mass is 283 g/mol. The van der Waals surface area contributed by atoms with Crippen molar-refractivity contribution in [2.75, 3.05) is 5.43 Å². The van der Waals surface area contributed by atoms with Gasteiger partial charge in [-0.3, -0.25) is 0 Å². The van der Waals surface area contributed by atoms with E-state index in [1.807, 2.05) is 36.4 Å². The van der Waals surface area contributed by atoms with Crippen molar-refractivity contribution in [1.29, 1.82) is 0 Å². The van der Waals surface area contributed by atoms with E-state index in [2.05, 4.69) is 28.6 Å². The number of nitrogens with zero attached hydrogens (tertiary/aromatic N) is 1. The number of fused-ring (bicyclic) bond motifs is 1. The van der Waals surface area contributed by atoms with Gasteiger partial charge in [0, 0.05) is 22.4 Å². The Kier molecular flexibility index (Phi) is 3.54. The van der Waals surface area contributed by atoms with E-state index in [1.165, 1.54) is 5.56 Å². The molecule has 2 aromatic carbocycles. The van der Waals surface area contributed by atoms with E-state index in [1.54, 1.807) is 0 Å². The Morgan fingerprint density at radius 3 is 2.60 bits per heavy atom. The van der Waals surface area contributed by atoms with Gasteiger partial charge in [0.1, 0.15) is 5.82 Å². The SMILES string of the molecule is NNc1nc2cc(Cl)ccc2cc1Cc1ccccc1. The van der Waals surface area contributed by atoms with E-state index in [0.29, 0.717) is 10.8 Å². The van der Waals surface area contributed by atoms with Crippen LogP contribution in [0.1, 0.15) is 11.1 Å². The molecule has 3 rings (SSSR count). The van der Waals surface area contributed by atoms with Crippen molar-refractivity contribution >= 4 is 28.3 Å². The fourth-order valence-corrected chi connectivity index (χ4v) is 2.43. The topological polar surface area (TPSA) is 50.9 Å². The highest BCUT2D eigenvalue weighted by atomic mass is 35.5. The molecular formula is C16H14ClN3. The summed E-state index contributed by atoms with van der Waals surface area (Å²) in [6, 6.07) is 18.0. The number of pyridine rings is 1. The summed E-state index contributed by atoms with van der Waals surface area (Å²) in [5.41, 5.74) is 5.79. The molecule has 0 unspecified atom stereocenters. The molecule has 4 heteroatoms. The van der Waals surface area contributed by atoms with Crippen LogP contribution in [0.15, 0.2) is 54.6 Å². The minimum Gasteiger partial charge on any atom is -0.308 e. The zero-order valence-electron chi connectivity index (χ0n) is 10.8. The van der Waals surface area contributed by atoms with E-state index < -0.39 is 0 Å². The third-order valence-electron chi connectivity index (χ3n) is 3.23. The number of hydrogen-bond donors (Lipinski definition) is 2. The second kappa shape index (κ2) is 5.49. The second-order valence-electron chi connectivity index (χ2n) is 4.64. The van der Waals surface area contributed by atoms with E-state index in [9.17, 15) is 0 Å². The van der Waals surface area contributed by atoms with Gasteiger partial charge in [0.25, 0.3) is 0 Å². The zero-order chi connectivity index (χ0) is 13.9. The van der Waals surface area contributed by atoms with E-state index in [4.69, 9.17) is 17.4 Å². The van der Waals surface area contributed by atoms with Gasteiger partial charge >= 0.3 is 0 Å². The van der Waals surface area contributed by atoms with E-state index in [-0.39, 0.29) is 0 Å². The molecule has 0 radical (unpaired) electrons. The lowest BCUT2D eigenvalue weighted by atomic mass is 10.0. The first kappa shape index (κ1) is 12.9. The number of aromatic nitrogens is 1. The van der Waals surface area contributed by atoms with Crippen molar-refractivity contribution in [3.05, 3.63) is 70.7 Å². The maximum Gasteiger partial charge on any atom is 0.144 e. The molecule has 0 saturated carbocycles. The van der Waals surface area contributed by atoms with Gasteiger partial charge in [-0.15, -0.1) is 0 Å². The van der Waals surface area contributed by atoms with Crippen molar-refractivity contribution in [1.82, 2.24) is 4.98 Å². The maximum atomic E-state index is 5.99. The van der Waals surface area contributed by atoms with Crippen LogP contribution in [0.4, 0.5) is 5.82 Å². The molecule has 20 heavy (non-hydrogen) atoms. The van der Waals surface area contributed by atoms with Crippen LogP contribution in [-0.4, -0.2) is 4.98 Å². The highest BCUT2D eigenvalue weighted by Crippen LogP contribution is 2.24. The number of hydrazine groups is 1. The van der Waals surface area contributed by atoms with Gasteiger partial charge in [-0.25, -0.2) is 10.8 Å². The predicted molar refractivity (Wildman–Crippen MR) is 83.8 cm³/mol. The number of halogens is 1. The van der Waals surface area contributed by atoms with E-state index >= 15 is 0 Å². The Morgan fingerprint density at radius 2 is 1.85 bits per heavy atom. The summed E-state index contributed by atoms with van der Waals surface area (Å²) in [6.45, 7) is 0. The number of rotatable bonds is 3. The quantitative estimate of drug-likeness (QED) is 0.568. The largest absolute Gasteiger partial charge is 0.308 e. The Labute approximate surface area is 122 Å². The zero-order valence-corrected chi connectivity index (χ0v) is 11.6. The van der Waals surface area contributed by atoms with Crippen LogP contribution in [0.2, 0.25) is 5.02 Å². The molecule has 0 aliphatic rings. The molecule has 1 aromatic heterocycles. The molecule has 0 aliphatic heterocycles. The smallest absolute Gasteiger partial charge is 0.144 e. The standard InChI is InChI=1S/C16H14ClN3/c17-14-7-6-12-9-13(8-11-4-2-1-3-5-11)16(20-18)19-15(12)10-14/h1-7,9-10H,8,18H2,(H,19,20). The van der Waals surface area contributed by atoms with Crippen molar-refractivity contribution < 1.29 is 0 Å². The van der Waals surface area contributed by atoms with Crippen molar-refractivity contribution in [3.8, 4) is 0 Å². The van der Waals surface area contributed by atoms with Crippen molar-refractivity contribution in [2.24, 2.45) is 5.84 Å². The normalized spacial score (nSPS) is 10.7. The van der Waals surface area contributed by atoms with Crippen LogP contribution >= 0.6 is 11.6 Å². The van der Waals surface area contributed by atoms with E-state index in [0.717, 1.165) is 22.9 Å². The highest BCUT2D eigenvalue weighted by molar-refractivity contribution is 6.31. The third-order valence-corrected chi connectivity index (χ3v) is 3.47. The van der Waals surface area contributed by atoms with Gasteiger partial charge < -0.3 is 5.43 Å². The summed E-state index contributed by atoms with van der Waals surface area (Å²) in [5.74, 6) is 6.27. The first-order chi connectivity index (χ1) is 9.76. The lowest BCUT2D eigenvalue weighted by Crippen LogP contribution is -2.11. The Balaban J connectivity index is 2.07. The predicted octanol–water partition coefficient (Wildman–Crippen LogP) is 3.76. The fourth-order valence-electron chi connectivity index (χ4n) is 2.26. The minimum absolute atomic E-state index is 0.670. The molecule has 3 N–H and O–H groups in total. The summed E-state index contributed by atoms with van der Waals surface area (Å²) >= 11 is 5.99. The van der Waals surface area contributed by atoms with Crippen LogP contribution in [0.3, 0.4) is 0 Å². The Morgan fingerprint density at radius 1 is 1.05 bits per heavy atom. The number of nitrogens with two attached hydrogens (primary N) is 1. The van der Waals surface area contributed by atoms with Gasteiger partial charge in [-0.1, -0.05) is 48.0 Å². The number of nitrogen functional groups attached to an aromatic ring is 1. The maximum absolute atomic E-state index is 5.99. The molecule has 0 bridgehead atoms. The second-order valence-corrected chi connectivity index (χ2v) is 5.08. The van der Waals surface area contributed by atoms with Gasteiger partial charge in [-0.2, -0.15) is 0 Å².